The smallest absolute Gasteiger partial charge is 0.320 e. The highest BCUT2D eigenvalue weighted by molar-refractivity contribution is 5.71. The van der Waals surface area contributed by atoms with Crippen LogP contribution in [0.2, 0.25) is 0 Å². The Balaban J connectivity index is 3.35. The molecule has 0 aromatic heterocycles. The molecular weight excluding hydrogens is 178 g/mol. The van der Waals surface area contributed by atoms with Gasteiger partial charge < -0.3 is 4.74 Å². The van der Waals surface area contributed by atoms with E-state index in [1.54, 1.807) is 0 Å². The molecule has 0 aromatic carbocycles. The van der Waals surface area contributed by atoms with E-state index in [-0.39, 0.29) is 5.97 Å². The highest BCUT2D eigenvalue weighted by atomic mass is 16.5. The van der Waals surface area contributed by atoms with Crippen LogP contribution in [-0.2, 0) is 9.53 Å². The molecule has 0 spiro atoms. The monoisotopic (exact) mass is 201 g/mol. The first-order chi connectivity index (χ1) is 6.70. The SMILES string of the molecule is CCCCCCN(C)CC(=O)OCC. The molecule has 0 N–H and O–H groups in total. The molecule has 0 bridgehead atoms. The minimum atomic E-state index is -0.120. The van der Waals surface area contributed by atoms with Crippen LogP contribution >= 0.6 is 0 Å². The fraction of sp³-hybridized carbons (Fsp3) is 0.909. The number of unbranched alkanes of at least 4 members (excludes halogenated alkanes) is 3. The van der Waals surface area contributed by atoms with Gasteiger partial charge in [-0.3, -0.25) is 9.69 Å². The van der Waals surface area contributed by atoms with Crippen molar-refractivity contribution in [3.63, 3.8) is 0 Å². The van der Waals surface area contributed by atoms with Gasteiger partial charge in [-0.25, -0.2) is 0 Å². The van der Waals surface area contributed by atoms with E-state index in [4.69, 9.17) is 4.74 Å². The lowest BCUT2D eigenvalue weighted by Crippen LogP contribution is -2.28. The predicted octanol–water partition coefficient (Wildman–Crippen LogP) is 2.06. The highest BCUT2D eigenvalue weighted by Gasteiger charge is 2.05. The molecule has 0 heterocycles. The van der Waals surface area contributed by atoms with Gasteiger partial charge in [-0.05, 0) is 26.9 Å². The summed E-state index contributed by atoms with van der Waals surface area (Å²) in [6.45, 7) is 5.91. The van der Waals surface area contributed by atoms with E-state index in [1.165, 1.54) is 25.7 Å². The molecule has 0 atom stereocenters. The number of hydrogen-bond donors (Lipinski definition) is 0. The molecule has 84 valence electrons. The van der Waals surface area contributed by atoms with Gasteiger partial charge in [0.25, 0.3) is 0 Å². The summed E-state index contributed by atoms with van der Waals surface area (Å²) in [6.07, 6.45) is 4.96. The number of ether oxygens (including phenoxy) is 1. The Morgan fingerprint density at radius 1 is 1.21 bits per heavy atom. The lowest BCUT2D eigenvalue weighted by Gasteiger charge is -2.14. The maximum absolute atomic E-state index is 11.1. The van der Waals surface area contributed by atoms with E-state index in [9.17, 15) is 4.79 Å². The molecule has 0 unspecified atom stereocenters. The third kappa shape index (κ3) is 8.05. The molecule has 0 saturated carbocycles. The van der Waals surface area contributed by atoms with E-state index in [1.807, 2.05) is 18.9 Å². The molecule has 0 radical (unpaired) electrons. The van der Waals surface area contributed by atoms with Crippen molar-refractivity contribution in [3.8, 4) is 0 Å². The minimum Gasteiger partial charge on any atom is -0.465 e. The van der Waals surface area contributed by atoms with Crippen molar-refractivity contribution >= 4 is 5.97 Å². The predicted molar refractivity (Wildman–Crippen MR) is 58.3 cm³/mol. The normalized spacial score (nSPS) is 10.6. The standard InChI is InChI=1S/C11H23NO2/c1-4-6-7-8-9-12(3)10-11(13)14-5-2/h4-10H2,1-3H3. The van der Waals surface area contributed by atoms with Crippen molar-refractivity contribution in [3.05, 3.63) is 0 Å². The van der Waals surface area contributed by atoms with Crippen LogP contribution in [0.5, 0.6) is 0 Å². The van der Waals surface area contributed by atoms with Gasteiger partial charge in [-0.15, -0.1) is 0 Å². The van der Waals surface area contributed by atoms with Crippen molar-refractivity contribution in [2.24, 2.45) is 0 Å². The van der Waals surface area contributed by atoms with Gasteiger partial charge in [-0.2, -0.15) is 0 Å². The Labute approximate surface area is 87.4 Å². The van der Waals surface area contributed by atoms with Crippen LogP contribution in [0, 0.1) is 0 Å². The molecule has 0 aliphatic carbocycles. The Kier molecular flexibility index (Phi) is 8.64. The van der Waals surface area contributed by atoms with Crippen LogP contribution in [0.3, 0.4) is 0 Å². The van der Waals surface area contributed by atoms with Crippen LogP contribution in [0.25, 0.3) is 0 Å². The molecule has 14 heavy (non-hydrogen) atoms. The summed E-state index contributed by atoms with van der Waals surface area (Å²) in [6, 6.07) is 0. The lowest BCUT2D eigenvalue weighted by molar-refractivity contribution is -0.144. The first-order valence-electron chi connectivity index (χ1n) is 5.54. The average Bonchev–Trinajstić information content (AvgIpc) is 2.13. The summed E-state index contributed by atoms with van der Waals surface area (Å²) in [5, 5.41) is 0. The van der Waals surface area contributed by atoms with Crippen LogP contribution < -0.4 is 0 Å². The number of rotatable bonds is 8. The van der Waals surface area contributed by atoms with E-state index in [0.717, 1.165) is 6.54 Å². The summed E-state index contributed by atoms with van der Waals surface area (Å²) in [5.74, 6) is -0.120. The third-order valence-electron chi connectivity index (χ3n) is 2.10. The van der Waals surface area contributed by atoms with Crippen LogP contribution in [0.15, 0.2) is 0 Å². The van der Waals surface area contributed by atoms with E-state index in [2.05, 4.69) is 6.92 Å². The second-order valence-corrected chi connectivity index (χ2v) is 3.60. The van der Waals surface area contributed by atoms with Gasteiger partial charge in [-0.1, -0.05) is 26.2 Å². The average molecular weight is 201 g/mol. The summed E-state index contributed by atoms with van der Waals surface area (Å²) >= 11 is 0. The summed E-state index contributed by atoms with van der Waals surface area (Å²) in [5.41, 5.74) is 0. The third-order valence-corrected chi connectivity index (χ3v) is 2.10. The number of hydrogen-bond acceptors (Lipinski definition) is 3. The second-order valence-electron chi connectivity index (χ2n) is 3.60. The Morgan fingerprint density at radius 3 is 2.50 bits per heavy atom. The maximum Gasteiger partial charge on any atom is 0.320 e. The van der Waals surface area contributed by atoms with Gasteiger partial charge in [0, 0.05) is 0 Å². The number of nitrogens with zero attached hydrogens (tertiary/aromatic N) is 1. The second kappa shape index (κ2) is 9.00. The van der Waals surface area contributed by atoms with Gasteiger partial charge >= 0.3 is 5.97 Å². The number of carbonyl (C=O) groups is 1. The largest absolute Gasteiger partial charge is 0.465 e. The van der Waals surface area contributed by atoms with Gasteiger partial charge in [0.1, 0.15) is 0 Å². The lowest BCUT2D eigenvalue weighted by atomic mass is 10.2. The highest BCUT2D eigenvalue weighted by Crippen LogP contribution is 2.00. The van der Waals surface area contributed by atoms with Crippen molar-refractivity contribution < 1.29 is 9.53 Å². The molecule has 0 aliphatic rings. The zero-order valence-corrected chi connectivity index (χ0v) is 9.71. The fourth-order valence-electron chi connectivity index (χ4n) is 1.31. The zero-order chi connectivity index (χ0) is 10.8. The van der Waals surface area contributed by atoms with Gasteiger partial charge in [0.2, 0.25) is 0 Å². The first kappa shape index (κ1) is 13.4. The van der Waals surface area contributed by atoms with Crippen LogP contribution in [0.4, 0.5) is 0 Å². The maximum atomic E-state index is 11.1. The summed E-state index contributed by atoms with van der Waals surface area (Å²) in [7, 11) is 1.96. The van der Waals surface area contributed by atoms with Gasteiger partial charge in [0.15, 0.2) is 0 Å². The topological polar surface area (TPSA) is 29.5 Å². The van der Waals surface area contributed by atoms with Crippen molar-refractivity contribution in [1.29, 1.82) is 0 Å². The first-order valence-corrected chi connectivity index (χ1v) is 5.54. The summed E-state index contributed by atoms with van der Waals surface area (Å²) < 4.78 is 4.86. The van der Waals surface area contributed by atoms with E-state index < -0.39 is 0 Å². The molecule has 3 heteroatoms. The summed E-state index contributed by atoms with van der Waals surface area (Å²) in [4.78, 5) is 13.1. The number of carbonyl (C=O) groups excluding carboxylic acids is 1. The van der Waals surface area contributed by atoms with Crippen LogP contribution in [0.1, 0.15) is 39.5 Å². The molecule has 0 rings (SSSR count). The van der Waals surface area contributed by atoms with E-state index in [0.29, 0.717) is 13.2 Å². The Bertz CT molecular complexity index is 148. The molecule has 0 fully saturated rings. The quantitative estimate of drug-likeness (QED) is 0.445. The van der Waals surface area contributed by atoms with Gasteiger partial charge in [0.05, 0.1) is 13.2 Å². The zero-order valence-electron chi connectivity index (χ0n) is 9.71. The Hall–Kier alpha value is -0.570. The number of esters is 1. The minimum absolute atomic E-state index is 0.120. The Morgan fingerprint density at radius 2 is 1.93 bits per heavy atom. The molecule has 3 nitrogen and oxygen atoms in total. The molecule has 0 aliphatic heterocycles. The molecule has 0 aromatic rings. The van der Waals surface area contributed by atoms with Crippen molar-refractivity contribution in [2.75, 3.05) is 26.7 Å². The fourth-order valence-corrected chi connectivity index (χ4v) is 1.31. The molecular formula is C11H23NO2. The van der Waals surface area contributed by atoms with E-state index >= 15 is 0 Å². The van der Waals surface area contributed by atoms with Crippen molar-refractivity contribution in [2.45, 2.75) is 39.5 Å². The number of likely N-dealkylation sites (N-methyl/N-ethyl adjacent to an activating group) is 1. The molecule has 0 saturated heterocycles. The van der Waals surface area contributed by atoms with Crippen LogP contribution in [-0.4, -0.2) is 37.6 Å². The van der Waals surface area contributed by atoms with Crippen molar-refractivity contribution in [1.82, 2.24) is 4.90 Å². The molecule has 0 amide bonds.